The summed E-state index contributed by atoms with van der Waals surface area (Å²) in [6.45, 7) is 5.45. The minimum Gasteiger partial charge on any atom is -0.480 e. The summed E-state index contributed by atoms with van der Waals surface area (Å²) in [6.07, 6.45) is 0.652. The monoisotopic (exact) mass is 377 g/mol. The number of carboxylic acids is 2. The van der Waals surface area contributed by atoms with Gasteiger partial charge in [0.25, 0.3) is 0 Å². The zero-order valence-electron chi connectivity index (χ0n) is 14.7. The summed E-state index contributed by atoms with van der Waals surface area (Å²) in [5.41, 5.74) is 5.34. The van der Waals surface area contributed by atoms with Crippen LogP contribution in [-0.4, -0.2) is 63.1 Å². The summed E-state index contributed by atoms with van der Waals surface area (Å²) in [4.78, 5) is 45.3. The minimum absolute atomic E-state index is 0.0573. The van der Waals surface area contributed by atoms with Crippen LogP contribution in [0.1, 0.15) is 40.0 Å². The largest absolute Gasteiger partial charge is 0.480 e. The average Bonchev–Trinajstić information content (AvgIpc) is 2.53. The Balaban J connectivity index is 4.75. The third-order valence-electron chi connectivity index (χ3n) is 3.56. The molecule has 6 N–H and O–H groups in total. The molecule has 2 amide bonds. The number of aliphatic carboxylic acids is 2. The van der Waals surface area contributed by atoms with Gasteiger partial charge >= 0.3 is 11.9 Å². The molecule has 0 saturated heterocycles. The highest BCUT2D eigenvalue weighted by atomic mass is 32.2. The molecular formula is C15H27N3O6S. The molecule has 0 fully saturated rings. The fourth-order valence-corrected chi connectivity index (χ4v) is 2.61. The van der Waals surface area contributed by atoms with Gasteiger partial charge < -0.3 is 26.6 Å². The van der Waals surface area contributed by atoms with Gasteiger partial charge in [-0.15, -0.1) is 0 Å². The predicted molar refractivity (Wildman–Crippen MR) is 94.2 cm³/mol. The Kier molecular flexibility index (Phi) is 10.1. The van der Waals surface area contributed by atoms with Crippen molar-refractivity contribution in [3.8, 4) is 0 Å². The van der Waals surface area contributed by atoms with Gasteiger partial charge in [0.1, 0.15) is 18.6 Å². The van der Waals surface area contributed by atoms with E-state index < -0.39 is 42.4 Å². The second-order valence-corrected chi connectivity index (χ2v) is 7.87. The van der Waals surface area contributed by atoms with Crippen molar-refractivity contribution in [1.29, 1.82) is 0 Å². The van der Waals surface area contributed by atoms with Crippen molar-refractivity contribution in [3.63, 3.8) is 0 Å². The third-order valence-corrected chi connectivity index (χ3v) is 5.13. The van der Waals surface area contributed by atoms with E-state index in [-0.39, 0.29) is 23.3 Å². The summed E-state index contributed by atoms with van der Waals surface area (Å²) in [5.74, 6) is -3.24. The normalized spacial score (nSPS) is 13.6. The Morgan fingerprint density at radius 3 is 2.28 bits per heavy atom. The molecule has 0 aliphatic rings. The fourth-order valence-electron chi connectivity index (χ4n) is 1.56. The van der Waals surface area contributed by atoms with Crippen LogP contribution in [0.15, 0.2) is 0 Å². The van der Waals surface area contributed by atoms with Gasteiger partial charge in [0.05, 0.1) is 0 Å². The van der Waals surface area contributed by atoms with Gasteiger partial charge in [-0.2, -0.15) is 11.8 Å². The Morgan fingerprint density at radius 1 is 1.20 bits per heavy atom. The van der Waals surface area contributed by atoms with Crippen LogP contribution in [0.25, 0.3) is 0 Å². The molecule has 0 aliphatic heterocycles. The molecule has 0 aromatic heterocycles. The van der Waals surface area contributed by atoms with Gasteiger partial charge in [-0.3, -0.25) is 19.2 Å². The van der Waals surface area contributed by atoms with E-state index in [1.165, 1.54) is 11.8 Å². The summed E-state index contributed by atoms with van der Waals surface area (Å²) in [6, 6.07) is -2.07. The average molecular weight is 377 g/mol. The lowest BCUT2D eigenvalue weighted by Gasteiger charge is -2.25. The smallest absolute Gasteiger partial charge is 0.322 e. The molecule has 0 rings (SSSR count). The van der Waals surface area contributed by atoms with E-state index in [0.29, 0.717) is 0 Å². The number of nitrogens with two attached hydrogens (primary N) is 1. The number of hydrogen-bond acceptors (Lipinski definition) is 6. The number of amides is 2. The fraction of sp³-hybridized carbons (Fsp3) is 0.733. The second kappa shape index (κ2) is 10.9. The van der Waals surface area contributed by atoms with Crippen LogP contribution in [0.3, 0.4) is 0 Å². The van der Waals surface area contributed by atoms with E-state index in [1.807, 2.05) is 20.8 Å². The predicted octanol–water partition coefficient (Wildman–Crippen LogP) is -0.214. The lowest BCUT2D eigenvalue weighted by atomic mass is 10.1. The van der Waals surface area contributed by atoms with E-state index in [4.69, 9.17) is 15.9 Å². The maximum Gasteiger partial charge on any atom is 0.322 e. The van der Waals surface area contributed by atoms with Crippen molar-refractivity contribution in [2.45, 2.75) is 56.9 Å². The molecule has 0 saturated carbocycles. The van der Waals surface area contributed by atoms with Crippen LogP contribution < -0.4 is 16.4 Å². The lowest BCUT2D eigenvalue weighted by Crippen LogP contribution is -2.50. The first-order chi connectivity index (χ1) is 11.5. The zero-order valence-corrected chi connectivity index (χ0v) is 15.5. The van der Waals surface area contributed by atoms with Crippen molar-refractivity contribution in [2.75, 3.05) is 12.3 Å². The van der Waals surface area contributed by atoms with Gasteiger partial charge in [0.2, 0.25) is 11.8 Å². The first kappa shape index (κ1) is 23.2. The molecule has 0 aromatic rings. The number of carboxylic acid groups (broad SMARTS) is 2. The summed E-state index contributed by atoms with van der Waals surface area (Å²) in [7, 11) is 0. The number of carbonyl (C=O) groups is 4. The van der Waals surface area contributed by atoms with Gasteiger partial charge in [-0.25, -0.2) is 0 Å². The Labute approximate surface area is 151 Å². The van der Waals surface area contributed by atoms with E-state index in [1.54, 1.807) is 0 Å². The molecule has 10 heteroatoms. The molecule has 0 spiro atoms. The Morgan fingerprint density at radius 2 is 1.80 bits per heavy atom. The van der Waals surface area contributed by atoms with Crippen molar-refractivity contribution < 1.29 is 29.4 Å². The molecule has 0 heterocycles. The van der Waals surface area contributed by atoms with Gasteiger partial charge in [-0.05, 0) is 12.8 Å². The summed E-state index contributed by atoms with van der Waals surface area (Å²) >= 11 is 1.48. The van der Waals surface area contributed by atoms with Crippen LogP contribution in [-0.2, 0) is 19.2 Å². The summed E-state index contributed by atoms with van der Waals surface area (Å²) < 4.78 is -0.109. The molecule has 144 valence electrons. The van der Waals surface area contributed by atoms with E-state index in [2.05, 4.69) is 10.6 Å². The molecule has 9 nitrogen and oxygen atoms in total. The maximum absolute atomic E-state index is 12.1. The van der Waals surface area contributed by atoms with Gasteiger partial charge in [0.15, 0.2) is 0 Å². The highest BCUT2D eigenvalue weighted by molar-refractivity contribution is 8.00. The van der Waals surface area contributed by atoms with Gasteiger partial charge in [0, 0.05) is 16.9 Å². The zero-order chi connectivity index (χ0) is 19.6. The molecule has 0 radical (unpaired) electrons. The van der Waals surface area contributed by atoms with Crippen LogP contribution >= 0.6 is 11.8 Å². The third kappa shape index (κ3) is 10.6. The summed E-state index contributed by atoms with van der Waals surface area (Å²) in [5, 5.41) is 22.1. The number of carbonyl (C=O) groups excluding carboxylic acids is 2. The molecule has 2 atom stereocenters. The maximum atomic E-state index is 12.1. The topological polar surface area (TPSA) is 159 Å². The SMILES string of the molecule is CCC(C)(C)SCC(NC(=O)CCC(N)C(=O)O)C(=O)NCC(=O)O. The molecule has 25 heavy (non-hydrogen) atoms. The molecule has 0 aliphatic carbocycles. The molecule has 2 unspecified atom stereocenters. The first-order valence-corrected chi connectivity index (χ1v) is 8.88. The van der Waals surface area contributed by atoms with E-state index in [0.717, 1.165) is 6.42 Å². The number of hydrogen-bond donors (Lipinski definition) is 5. The lowest BCUT2D eigenvalue weighted by molar-refractivity contribution is -0.139. The number of rotatable bonds is 12. The van der Waals surface area contributed by atoms with Crippen molar-refractivity contribution >= 4 is 35.5 Å². The standard InChI is InChI=1S/C15H27N3O6S/c1-4-15(2,3)25-8-10(13(22)17-7-12(20)21)18-11(19)6-5-9(16)14(23)24/h9-10H,4-8,16H2,1-3H3,(H,17,22)(H,18,19)(H,20,21)(H,23,24). The van der Waals surface area contributed by atoms with Gasteiger partial charge in [-0.1, -0.05) is 20.8 Å². The Hall–Kier alpha value is -1.81. The molecule has 0 bridgehead atoms. The van der Waals surface area contributed by atoms with Crippen molar-refractivity contribution in [3.05, 3.63) is 0 Å². The number of nitrogens with one attached hydrogen (secondary N) is 2. The molecule has 0 aromatic carbocycles. The van der Waals surface area contributed by atoms with E-state index in [9.17, 15) is 19.2 Å². The van der Waals surface area contributed by atoms with Crippen LogP contribution in [0.4, 0.5) is 0 Å². The highest BCUT2D eigenvalue weighted by Gasteiger charge is 2.25. The minimum atomic E-state index is -1.20. The van der Waals surface area contributed by atoms with Crippen LogP contribution in [0.5, 0.6) is 0 Å². The first-order valence-electron chi connectivity index (χ1n) is 7.89. The van der Waals surface area contributed by atoms with Crippen LogP contribution in [0, 0.1) is 0 Å². The second-order valence-electron chi connectivity index (χ2n) is 6.14. The van der Waals surface area contributed by atoms with E-state index >= 15 is 0 Å². The van der Waals surface area contributed by atoms with Crippen LogP contribution in [0.2, 0.25) is 0 Å². The number of thioether (sulfide) groups is 1. The van der Waals surface area contributed by atoms with Crippen molar-refractivity contribution in [2.24, 2.45) is 5.73 Å². The molecular weight excluding hydrogens is 350 g/mol. The highest BCUT2D eigenvalue weighted by Crippen LogP contribution is 2.28. The quantitative estimate of drug-likeness (QED) is 0.312. The van der Waals surface area contributed by atoms with Crippen molar-refractivity contribution in [1.82, 2.24) is 10.6 Å². The Bertz CT molecular complexity index is 498.